The van der Waals surface area contributed by atoms with Crippen molar-refractivity contribution in [2.45, 2.75) is 25.3 Å². The molecule has 0 N–H and O–H groups in total. The number of ether oxygens (including phenoxy) is 1. The van der Waals surface area contributed by atoms with Gasteiger partial charge in [-0.3, -0.25) is 4.79 Å². The molecule has 4 rings (SSSR count). The van der Waals surface area contributed by atoms with Gasteiger partial charge in [-0.15, -0.1) is 0 Å². The summed E-state index contributed by atoms with van der Waals surface area (Å²) in [6.07, 6.45) is 0.638. The fourth-order valence-electron chi connectivity index (χ4n) is 4.18. The summed E-state index contributed by atoms with van der Waals surface area (Å²) in [4.78, 5) is 30.1. The Morgan fingerprint density at radius 2 is 2.22 bits per heavy atom. The first-order chi connectivity index (χ1) is 11.1. The lowest BCUT2D eigenvalue weighted by Gasteiger charge is -2.40. The molecule has 0 bridgehead atoms. The van der Waals surface area contributed by atoms with E-state index in [0.29, 0.717) is 32.3 Å². The van der Waals surface area contributed by atoms with E-state index in [0.717, 1.165) is 12.1 Å². The third-order valence-electron chi connectivity index (χ3n) is 5.28. The number of para-hydroxylation sites is 1. The molecule has 6 nitrogen and oxygen atoms in total. The van der Waals surface area contributed by atoms with Crippen molar-refractivity contribution < 1.29 is 14.3 Å². The molecule has 0 aromatic heterocycles. The van der Waals surface area contributed by atoms with Gasteiger partial charge in [0.2, 0.25) is 5.91 Å². The maximum absolute atomic E-state index is 12.3. The Bertz CT molecular complexity index is 675. The number of hydrogen-bond acceptors (Lipinski definition) is 4. The molecule has 3 heterocycles. The normalized spacial score (nSPS) is 25.3. The van der Waals surface area contributed by atoms with Gasteiger partial charge in [-0.25, -0.2) is 4.79 Å². The van der Waals surface area contributed by atoms with Gasteiger partial charge in [0.05, 0.1) is 24.5 Å². The second-order valence-electron chi connectivity index (χ2n) is 6.40. The lowest BCUT2D eigenvalue weighted by molar-refractivity contribution is -0.117. The van der Waals surface area contributed by atoms with Crippen LogP contribution < -0.4 is 9.80 Å². The molecule has 122 valence electrons. The van der Waals surface area contributed by atoms with E-state index in [1.54, 1.807) is 9.80 Å². The Labute approximate surface area is 135 Å². The monoisotopic (exact) mass is 315 g/mol. The molecular weight excluding hydrogens is 294 g/mol. The molecule has 0 radical (unpaired) electrons. The van der Waals surface area contributed by atoms with E-state index >= 15 is 0 Å². The van der Waals surface area contributed by atoms with Crippen LogP contribution in [0.15, 0.2) is 18.2 Å². The number of benzene rings is 1. The van der Waals surface area contributed by atoms with Crippen LogP contribution in [-0.2, 0) is 9.53 Å². The molecular formula is C17H21N3O3. The standard InChI is InChI=1S/C17H21N3O3/c1-3-23-17(22)19-8-7-13-12(9-19)11-5-4-6-14-16(11)20(13)10-15(21)18(14)2/h4-6,12-13H,3,7-10H2,1-2H3/t12-,13+/m0/s1. The first-order valence-electron chi connectivity index (χ1n) is 8.19. The van der Waals surface area contributed by atoms with E-state index in [9.17, 15) is 9.59 Å². The number of likely N-dealkylation sites (tertiary alicyclic amines) is 1. The summed E-state index contributed by atoms with van der Waals surface area (Å²) in [7, 11) is 1.84. The molecule has 6 heteroatoms. The van der Waals surface area contributed by atoms with Crippen molar-refractivity contribution in [1.29, 1.82) is 0 Å². The Morgan fingerprint density at radius 3 is 3.00 bits per heavy atom. The summed E-state index contributed by atoms with van der Waals surface area (Å²) in [5.41, 5.74) is 3.41. The Kier molecular flexibility index (Phi) is 3.21. The molecule has 3 aliphatic rings. The first kappa shape index (κ1) is 14.4. The van der Waals surface area contributed by atoms with E-state index in [-0.39, 0.29) is 17.9 Å². The second kappa shape index (κ2) is 5.15. The smallest absolute Gasteiger partial charge is 0.409 e. The lowest BCUT2D eigenvalue weighted by atomic mass is 9.89. The minimum Gasteiger partial charge on any atom is -0.450 e. The van der Waals surface area contributed by atoms with Crippen LogP contribution in [0.4, 0.5) is 16.2 Å². The molecule has 0 spiro atoms. The third-order valence-corrected chi connectivity index (χ3v) is 5.28. The van der Waals surface area contributed by atoms with Gasteiger partial charge in [-0.05, 0) is 25.0 Å². The zero-order chi connectivity index (χ0) is 16.1. The van der Waals surface area contributed by atoms with Gasteiger partial charge in [0.25, 0.3) is 0 Å². The molecule has 2 atom stereocenters. The van der Waals surface area contributed by atoms with E-state index in [1.165, 1.54) is 11.3 Å². The van der Waals surface area contributed by atoms with Gasteiger partial charge in [0.1, 0.15) is 0 Å². The third kappa shape index (κ3) is 2.00. The van der Waals surface area contributed by atoms with Gasteiger partial charge >= 0.3 is 6.09 Å². The van der Waals surface area contributed by atoms with Crippen LogP contribution in [0.3, 0.4) is 0 Å². The predicted molar refractivity (Wildman–Crippen MR) is 86.9 cm³/mol. The minimum atomic E-state index is -0.231. The fraction of sp³-hybridized carbons (Fsp3) is 0.529. The average molecular weight is 315 g/mol. The van der Waals surface area contributed by atoms with Crippen molar-refractivity contribution in [3.8, 4) is 0 Å². The molecule has 3 aliphatic heterocycles. The SMILES string of the molecule is CCOC(=O)N1CC[C@@H]2[C@@H](C1)c1cccc3c1N2CC(=O)N3C. The number of piperidine rings is 1. The molecule has 0 unspecified atom stereocenters. The van der Waals surface area contributed by atoms with Crippen LogP contribution >= 0.6 is 0 Å². The van der Waals surface area contributed by atoms with Crippen molar-refractivity contribution >= 4 is 23.4 Å². The van der Waals surface area contributed by atoms with Crippen molar-refractivity contribution in [3.05, 3.63) is 23.8 Å². The number of carbonyl (C=O) groups is 2. The number of carbonyl (C=O) groups excluding carboxylic acids is 2. The highest BCUT2D eigenvalue weighted by Crippen LogP contribution is 2.50. The van der Waals surface area contributed by atoms with Gasteiger partial charge in [-0.2, -0.15) is 0 Å². The molecule has 1 aromatic carbocycles. The summed E-state index contributed by atoms with van der Waals surface area (Å²) < 4.78 is 5.15. The van der Waals surface area contributed by atoms with Crippen molar-refractivity contribution in [3.63, 3.8) is 0 Å². The number of likely N-dealkylation sites (N-methyl/N-ethyl adjacent to an activating group) is 1. The summed E-state index contributed by atoms with van der Waals surface area (Å²) in [6, 6.07) is 6.44. The largest absolute Gasteiger partial charge is 0.450 e. The van der Waals surface area contributed by atoms with Crippen molar-refractivity contribution in [2.24, 2.45) is 0 Å². The van der Waals surface area contributed by atoms with E-state index in [1.807, 2.05) is 26.1 Å². The quantitative estimate of drug-likeness (QED) is 0.793. The molecule has 1 saturated heterocycles. The van der Waals surface area contributed by atoms with Crippen LogP contribution in [0.25, 0.3) is 0 Å². The summed E-state index contributed by atoms with van der Waals surface area (Å²) in [6.45, 7) is 4.00. The molecule has 1 aromatic rings. The van der Waals surface area contributed by atoms with Gasteiger partial charge in [0, 0.05) is 32.1 Å². The highest BCUT2D eigenvalue weighted by molar-refractivity contribution is 6.04. The summed E-state index contributed by atoms with van der Waals surface area (Å²) >= 11 is 0. The predicted octanol–water partition coefficient (Wildman–Crippen LogP) is 1.80. The molecule has 23 heavy (non-hydrogen) atoms. The molecule has 1 fully saturated rings. The Hall–Kier alpha value is -2.24. The van der Waals surface area contributed by atoms with E-state index in [4.69, 9.17) is 4.74 Å². The van der Waals surface area contributed by atoms with Crippen LogP contribution in [0.1, 0.15) is 24.8 Å². The van der Waals surface area contributed by atoms with Crippen LogP contribution in [-0.4, -0.2) is 56.2 Å². The van der Waals surface area contributed by atoms with Gasteiger partial charge in [0.15, 0.2) is 0 Å². The number of rotatable bonds is 1. The minimum absolute atomic E-state index is 0.128. The highest BCUT2D eigenvalue weighted by Gasteiger charge is 2.47. The van der Waals surface area contributed by atoms with Crippen molar-refractivity contribution in [2.75, 3.05) is 43.1 Å². The Balaban J connectivity index is 1.69. The van der Waals surface area contributed by atoms with Gasteiger partial charge in [-0.1, -0.05) is 12.1 Å². The zero-order valence-corrected chi connectivity index (χ0v) is 13.5. The number of amides is 2. The summed E-state index contributed by atoms with van der Waals surface area (Å²) in [5, 5.41) is 0. The lowest BCUT2D eigenvalue weighted by Crippen LogP contribution is -2.52. The first-order valence-corrected chi connectivity index (χ1v) is 8.19. The Morgan fingerprint density at radius 1 is 1.39 bits per heavy atom. The number of hydrogen-bond donors (Lipinski definition) is 0. The van der Waals surface area contributed by atoms with Crippen LogP contribution in [0.5, 0.6) is 0 Å². The maximum atomic E-state index is 12.3. The van der Waals surface area contributed by atoms with Crippen LogP contribution in [0.2, 0.25) is 0 Å². The highest BCUT2D eigenvalue weighted by atomic mass is 16.6. The maximum Gasteiger partial charge on any atom is 0.409 e. The molecule has 0 saturated carbocycles. The molecule has 2 amide bonds. The number of anilines is 2. The topological polar surface area (TPSA) is 53.1 Å². The zero-order valence-electron chi connectivity index (χ0n) is 13.5. The van der Waals surface area contributed by atoms with E-state index < -0.39 is 0 Å². The average Bonchev–Trinajstić information content (AvgIpc) is 2.87. The van der Waals surface area contributed by atoms with Gasteiger partial charge < -0.3 is 19.4 Å². The molecule has 0 aliphatic carbocycles. The number of fused-ring (bicyclic) bond motifs is 3. The number of nitrogens with zero attached hydrogens (tertiary/aromatic N) is 3. The van der Waals surface area contributed by atoms with Crippen molar-refractivity contribution in [1.82, 2.24) is 4.90 Å². The fourth-order valence-corrected chi connectivity index (χ4v) is 4.18. The van der Waals surface area contributed by atoms with Crippen LogP contribution in [0, 0.1) is 0 Å². The summed E-state index contributed by atoms with van der Waals surface area (Å²) in [5.74, 6) is 0.380. The second-order valence-corrected chi connectivity index (χ2v) is 6.40. The van der Waals surface area contributed by atoms with E-state index in [2.05, 4.69) is 11.0 Å².